The van der Waals surface area contributed by atoms with Crippen LogP contribution in [0.25, 0.3) is 16.9 Å². The second-order valence-electron chi connectivity index (χ2n) is 8.40. The molecule has 1 aliphatic heterocycles. The molecule has 0 fully saturated rings. The van der Waals surface area contributed by atoms with Crippen molar-refractivity contribution in [1.29, 1.82) is 0 Å². The van der Waals surface area contributed by atoms with Crippen molar-refractivity contribution in [3.05, 3.63) is 78.9 Å². The van der Waals surface area contributed by atoms with Crippen molar-refractivity contribution < 1.29 is 18.0 Å². The number of hydrogen-bond donors (Lipinski definition) is 2. The number of halogens is 3. The van der Waals surface area contributed by atoms with E-state index in [9.17, 15) is 18.0 Å². The maximum atomic E-state index is 13.5. The average molecular weight is 493 g/mol. The monoisotopic (exact) mass is 493 g/mol. The van der Waals surface area contributed by atoms with Gasteiger partial charge < -0.3 is 10.6 Å². The van der Waals surface area contributed by atoms with Gasteiger partial charge in [0.1, 0.15) is 12.7 Å². The Balaban J connectivity index is 1.48. The molecule has 4 aromatic rings. The highest BCUT2D eigenvalue weighted by Gasteiger charge is 2.31. The normalized spacial score (nSPS) is 15.6. The molecule has 0 radical (unpaired) electrons. The van der Waals surface area contributed by atoms with Crippen molar-refractivity contribution in [2.24, 2.45) is 0 Å². The third-order valence-electron chi connectivity index (χ3n) is 5.91. The second kappa shape index (κ2) is 9.33. The summed E-state index contributed by atoms with van der Waals surface area (Å²) in [7, 11) is 0. The van der Waals surface area contributed by atoms with E-state index in [4.69, 9.17) is 0 Å². The highest BCUT2D eigenvalue weighted by atomic mass is 19.4. The molecule has 2 aromatic carbocycles. The van der Waals surface area contributed by atoms with Crippen LogP contribution in [-0.4, -0.2) is 38.4 Å². The summed E-state index contributed by atoms with van der Waals surface area (Å²) in [5.74, 6) is 0.347. The molecule has 3 heterocycles. The number of benzene rings is 2. The number of amides is 2. The molecule has 2 N–H and O–H groups in total. The van der Waals surface area contributed by atoms with E-state index in [0.29, 0.717) is 41.4 Å². The number of hydrogen-bond acceptors (Lipinski definition) is 5. The van der Waals surface area contributed by atoms with Crippen molar-refractivity contribution in [3.8, 4) is 16.9 Å². The van der Waals surface area contributed by atoms with Crippen LogP contribution in [0.4, 0.5) is 35.2 Å². The van der Waals surface area contributed by atoms with Gasteiger partial charge in [-0.1, -0.05) is 18.2 Å². The van der Waals surface area contributed by atoms with Gasteiger partial charge in [0.15, 0.2) is 5.82 Å². The molecule has 8 nitrogen and oxygen atoms in total. The predicted octanol–water partition coefficient (Wildman–Crippen LogP) is 5.59. The molecule has 0 unspecified atom stereocenters. The molecule has 0 aliphatic carbocycles. The Labute approximate surface area is 204 Å². The summed E-state index contributed by atoms with van der Waals surface area (Å²) in [6.07, 6.45) is -0.840. The van der Waals surface area contributed by atoms with Crippen LogP contribution >= 0.6 is 0 Å². The lowest BCUT2D eigenvalue weighted by Crippen LogP contribution is -2.42. The molecular formula is C25H22F3N7O. The fraction of sp³-hybridized carbons (Fsp3) is 0.200. The van der Waals surface area contributed by atoms with Crippen molar-refractivity contribution in [1.82, 2.24) is 19.7 Å². The van der Waals surface area contributed by atoms with Gasteiger partial charge in [0.25, 0.3) is 0 Å². The minimum Gasteiger partial charge on any atom is -0.382 e. The standard InChI is InChI=1S/C25H22F3N7O/c1-16-10-11-30-22-9-8-21(17-4-2-5-18(12-17)25(26,27)28)33-23(22)35(16)24(36)32-19-6-3-7-20(13-19)34-15-29-14-31-34/h2-9,12-16,30H,10-11H2,1H3,(H,32,36)/t16-/m1/s1. The molecule has 36 heavy (non-hydrogen) atoms. The maximum absolute atomic E-state index is 13.5. The Hall–Kier alpha value is -4.41. The van der Waals surface area contributed by atoms with Gasteiger partial charge in [0.05, 0.1) is 22.6 Å². The molecule has 0 saturated heterocycles. The third kappa shape index (κ3) is 4.72. The number of alkyl halides is 3. The van der Waals surface area contributed by atoms with E-state index in [-0.39, 0.29) is 6.04 Å². The van der Waals surface area contributed by atoms with Crippen LogP contribution < -0.4 is 15.5 Å². The molecule has 0 spiro atoms. The zero-order valence-corrected chi connectivity index (χ0v) is 19.2. The Morgan fingerprint density at radius 2 is 1.94 bits per heavy atom. The summed E-state index contributed by atoms with van der Waals surface area (Å²) in [6.45, 7) is 2.52. The Bertz CT molecular complexity index is 1390. The zero-order valence-electron chi connectivity index (χ0n) is 19.2. The number of carbonyl (C=O) groups excluding carboxylic acids is 1. The van der Waals surface area contributed by atoms with Crippen LogP contribution in [0.1, 0.15) is 18.9 Å². The highest BCUT2D eigenvalue weighted by molar-refractivity contribution is 6.04. The molecule has 2 aromatic heterocycles. The number of rotatable bonds is 3. The molecule has 1 atom stereocenters. The fourth-order valence-electron chi connectivity index (χ4n) is 4.09. The molecule has 2 amide bonds. The topological polar surface area (TPSA) is 88.0 Å². The average Bonchev–Trinajstić information content (AvgIpc) is 3.34. The number of carbonyl (C=O) groups is 1. The molecular weight excluding hydrogens is 471 g/mol. The van der Waals surface area contributed by atoms with Gasteiger partial charge in [-0.05, 0) is 55.8 Å². The van der Waals surface area contributed by atoms with E-state index in [0.717, 1.165) is 17.8 Å². The lowest BCUT2D eigenvalue weighted by atomic mass is 10.1. The first-order chi connectivity index (χ1) is 17.3. The molecule has 0 saturated carbocycles. The maximum Gasteiger partial charge on any atom is 0.416 e. The number of pyridine rings is 1. The SMILES string of the molecule is C[C@@H]1CCNc2ccc(-c3cccc(C(F)(F)F)c3)nc2N1C(=O)Nc1cccc(-n2cncn2)c1. The first-order valence-corrected chi connectivity index (χ1v) is 11.3. The Morgan fingerprint density at radius 3 is 2.72 bits per heavy atom. The minimum absolute atomic E-state index is 0.221. The van der Waals surface area contributed by atoms with E-state index in [1.165, 1.54) is 17.3 Å². The second-order valence-corrected chi connectivity index (χ2v) is 8.40. The number of nitrogens with one attached hydrogen (secondary N) is 2. The van der Waals surface area contributed by atoms with Gasteiger partial charge in [-0.25, -0.2) is 19.4 Å². The quantitative estimate of drug-likeness (QED) is 0.389. The minimum atomic E-state index is -4.47. The first-order valence-electron chi connectivity index (χ1n) is 11.3. The largest absolute Gasteiger partial charge is 0.416 e. The summed E-state index contributed by atoms with van der Waals surface area (Å²) in [6, 6.07) is 14.9. The summed E-state index contributed by atoms with van der Waals surface area (Å²) < 4.78 is 41.3. The van der Waals surface area contributed by atoms with Crippen LogP contribution in [0.15, 0.2) is 73.3 Å². The van der Waals surface area contributed by atoms with E-state index < -0.39 is 17.8 Å². The van der Waals surface area contributed by atoms with E-state index >= 15 is 0 Å². The number of nitrogens with zero attached hydrogens (tertiary/aromatic N) is 5. The highest BCUT2D eigenvalue weighted by Crippen LogP contribution is 2.35. The zero-order chi connectivity index (χ0) is 25.3. The van der Waals surface area contributed by atoms with Gasteiger partial charge in [-0.2, -0.15) is 18.3 Å². The van der Waals surface area contributed by atoms with Crippen molar-refractivity contribution in [2.75, 3.05) is 22.1 Å². The van der Waals surface area contributed by atoms with Crippen LogP contribution in [0.3, 0.4) is 0 Å². The van der Waals surface area contributed by atoms with E-state index in [1.54, 1.807) is 47.4 Å². The van der Waals surface area contributed by atoms with E-state index in [2.05, 4.69) is 25.7 Å². The van der Waals surface area contributed by atoms with Gasteiger partial charge in [-0.3, -0.25) is 4.90 Å². The van der Waals surface area contributed by atoms with Crippen LogP contribution in [0, 0.1) is 0 Å². The number of aromatic nitrogens is 4. The van der Waals surface area contributed by atoms with Gasteiger partial charge in [-0.15, -0.1) is 0 Å². The Kier molecular flexibility index (Phi) is 6.05. The molecule has 1 aliphatic rings. The molecule has 5 rings (SSSR count). The summed E-state index contributed by atoms with van der Waals surface area (Å²) >= 11 is 0. The Morgan fingerprint density at radius 1 is 1.11 bits per heavy atom. The number of anilines is 3. The third-order valence-corrected chi connectivity index (χ3v) is 5.91. The summed E-state index contributed by atoms with van der Waals surface area (Å²) in [4.78, 5) is 23.6. The lowest BCUT2D eigenvalue weighted by Gasteiger charge is -2.27. The molecule has 184 valence electrons. The first kappa shape index (κ1) is 23.3. The molecule has 11 heteroatoms. The lowest BCUT2D eigenvalue weighted by molar-refractivity contribution is -0.137. The van der Waals surface area contributed by atoms with Crippen LogP contribution in [-0.2, 0) is 6.18 Å². The smallest absolute Gasteiger partial charge is 0.382 e. The van der Waals surface area contributed by atoms with Gasteiger partial charge in [0.2, 0.25) is 0 Å². The van der Waals surface area contributed by atoms with Crippen LogP contribution in [0.5, 0.6) is 0 Å². The van der Waals surface area contributed by atoms with Gasteiger partial charge in [0, 0.05) is 23.8 Å². The number of urea groups is 1. The van der Waals surface area contributed by atoms with Crippen molar-refractivity contribution in [3.63, 3.8) is 0 Å². The predicted molar refractivity (Wildman–Crippen MR) is 130 cm³/mol. The fourth-order valence-corrected chi connectivity index (χ4v) is 4.09. The van der Waals surface area contributed by atoms with Crippen molar-refractivity contribution in [2.45, 2.75) is 25.6 Å². The van der Waals surface area contributed by atoms with Crippen LogP contribution in [0.2, 0.25) is 0 Å². The summed E-state index contributed by atoms with van der Waals surface area (Å²) in [5, 5.41) is 10.3. The van der Waals surface area contributed by atoms with Gasteiger partial charge >= 0.3 is 12.2 Å². The van der Waals surface area contributed by atoms with E-state index in [1.807, 2.05) is 13.0 Å². The summed E-state index contributed by atoms with van der Waals surface area (Å²) in [5.41, 5.74) is 1.79. The molecule has 0 bridgehead atoms. The number of fused-ring (bicyclic) bond motifs is 1. The van der Waals surface area contributed by atoms with Crippen molar-refractivity contribution >= 4 is 23.2 Å².